The SMILES string of the molecule is CN(C)Cc1ccc(C(=O)NCCOCC(=O)O)cc1. The van der Waals surface area contributed by atoms with E-state index in [1.54, 1.807) is 12.1 Å². The third-order valence-electron chi connectivity index (χ3n) is 2.47. The van der Waals surface area contributed by atoms with Crippen LogP contribution >= 0.6 is 0 Å². The number of nitrogens with one attached hydrogen (secondary N) is 1. The molecule has 0 saturated heterocycles. The highest BCUT2D eigenvalue weighted by atomic mass is 16.5. The molecule has 6 nitrogen and oxygen atoms in total. The summed E-state index contributed by atoms with van der Waals surface area (Å²) in [5.74, 6) is -1.21. The van der Waals surface area contributed by atoms with Crippen LogP contribution in [-0.4, -0.2) is 55.7 Å². The summed E-state index contributed by atoms with van der Waals surface area (Å²) in [5.41, 5.74) is 1.71. The lowest BCUT2D eigenvalue weighted by molar-refractivity contribution is -0.142. The first kappa shape index (κ1) is 16.1. The Morgan fingerprint density at radius 1 is 1.25 bits per heavy atom. The number of rotatable bonds is 8. The minimum absolute atomic E-state index is 0.177. The van der Waals surface area contributed by atoms with Crippen LogP contribution in [0.4, 0.5) is 0 Å². The summed E-state index contributed by atoms with van der Waals surface area (Å²) in [5, 5.41) is 11.0. The van der Waals surface area contributed by atoms with E-state index in [1.807, 2.05) is 26.2 Å². The molecule has 110 valence electrons. The summed E-state index contributed by atoms with van der Waals surface area (Å²) in [7, 11) is 3.97. The Kier molecular flexibility index (Phi) is 6.69. The molecule has 1 aromatic carbocycles. The first-order valence-electron chi connectivity index (χ1n) is 6.30. The van der Waals surface area contributed by atoms with Gasteiger partial charge in [0.15, 0.2) is 0 Å². The Balaban J connectivity index is 2.34. The topological polar surface area (TPSA) is 78.9 Å². The van der Waals surface area contributed by atoms with Crippen molar-refractivity contribution in [2.45, 2.75) is 6.54 Å². The zero-order valence-corrected chi connectivity index (χ0v) is 11.8. The molecule has 0 aliphatic heterocycles. The van der Waals surface area contributed by atoms with Crippen LogP contribution < -0.4 is 5.32 Å². The molecule has 1 aromatic rings. The fourth-order valence-corrected chi connectivity index (χ4v) is 1.62. The molecule has 0 heterocycles. The van der Waals surface area contributed by atoms with Crippen molar-refractivity contribution in [3.8, 4) is 0 Å². The number of carbonyl (C=O) groups excluding carboxylic acids is 1. The monoisotopic (exact) mass is 280 g/mol. The first-order valence-corrected chi connectivity index (χ1v) is 6.30. The van der Waals surface area contributed by atoms with E-state index in [0.717, 1.165) is 12.1 Å². The predicted octanol–water partition coefficient (Wildman–Crippen LogP) is 0.579. The van der Waals surface area contributed by atoms with Crippen LogP contribution in [-0.2, 0) is 16.1 Å². The summed E-state index contributed by atoms with van der Waals surface area (Å²) in [6.07, 6.45) is 0. The molecule has 1 rings (SSSR count). The molecule has 0 spiro atoms. The van der Waals surface area contributed by atoms with E-state index in [1.165, 1.54) is 0 Å². The molecule has 0 unspecified atom stereocenters. The number of carboxylic acids is 1. The Labute approximate surface area is 118 Å². The largest absolute Gasteiger partial charge is 0.480 e. The van der Waals surface area contributed by atoms with Gasteiger partial charge < -0.3 is 20.1 Å². The van der Waals surface area contributed by atoms with Crippen molar-refractivity contribution in [1.82, 2.24) is 10.2 Å². The third-order valence-corrected chi connectivity index (χ3v) is 2.47. The molecule has 0 bridgehead atoms. The molecule has 0 aliphatic rings. The van der Waals surface area contributed by atoms with Gasteiger partial charge in [0.1, 0.15) is 6.61 Å². The summed E-state index contributed by atoms with van der Waals surface area (Å²) >= 11 is 0. The van der Waals surface area contributed by atoms with Crippen LogP contribution in [0.3, 0.4) is 0 Å². The number of aliphatic carboxylic acids is 1. The van der Waals surface area contributed by atoms with Gasteiger partial charge in [0.05, 0.1) is 6.61 Å². The van der Waals surface area contributed by atoms with Crippen molar-refractivity contribution >= 4 is 11.9 Å². The molecule has 0 aromatic heterocycles. The number of amides is 1. The van der Waals surface area contributed by atoms with Crippen LogP contribution in [0.2, 0.25) is 0 Å². The highest BCUT2D eigenvalue weighted by Crippen LogP contribution is 2.06. The Hall–Kier alpha value is -1.92. The maximum atomic E-state index is 11.8. The van der Waals surface area contributed by atoms with Gasteiger partial charge in [-0.3, -0.25) is 4.79 Å². The van der Waals surface area contributed by atoms with E-state index in [2.05, 4.69) is 10.2 Å². The van der Waals surface area contributed by atoms with Crippen LogP contribution in [0.5, 0.6) is 0 Å². The lowest BCUT2D eigenvalue weighted by Gasteiger charge is -2.10. The zero-order chi connectivity index (χ0) is 15.0. The number of carbonyl (C=O) groups is 2. The van der Waals surface area contributed by atoms with Gasteiger partial charge in [0, 0.05) is 18.7 Å². The highest BCUT2D eigenvalue weighted by molar-refractivity contribution is 5.94. The standard InChI is InChI=1S/C14H20N2O4/c1-16(2)9-11-3-5-12(6-4-11)14(19)15-7-8-20-10-13(17)18/h3-6H,7-10H2,1-2H3,(H,15,19)(H,17,18). The summed E-state index contributed by atoms with van der Waals surface area (Å²) in [6, 6.07) is 7.37. The van der Waals surface area contributed by atoms with Gasteiger partial charge in [-0.1, -0.05) is 12.1 Å². The Bertz CT molecular complexity index is 443. The zero-order valence-electron chi connectivity index (χ0n) is 11.8. The Morgan fingerprint density at radius 2 is 1.90 bits per heavy atom. The van der Waals surface area contributed by atoms with Crippen molar-refractivity contribution in [2.24, 2.45) is 0 Å². The summed E-state index contributed by atoms with van der Waals surface area (Å²) in [4.78, 5) is 24.0. The normalized spacial score (nSPS) is 10.6. The average Bonchev–Trinajstić information content (AvgIpc) is 2.38. The van der Waals surface area contributed by atoms with Crippen molar-refractivity contribution in [3.05, 3.63) is 35.4 Å². The Morgan fingerprint density at radius 3 is 2.45 bits per heavy atom. The number of carboxylic acid groups (broad SMARTS) is 1. The molecular formula is C14H20N2O4. The van der Waals surface area contributed by atoms with Crippen LogP contribution in [0, 0.1) is 0 Å². The van der Waals surface area contributed by atoms with Gasteiger partial charge in [-0.25, -0.2) is 4.79 Å². The molecule has 0 saturated carbocycles. The fraction of sp³-hybridized carbons (Fsp3) is 0.429. The van der Waals surface area contributed by atoms with E-state index >= 15 is 0 Å². The van der Waals surface area contributed by atoms with Gasteiger partial charge in [-0.15, -0.1) is 0 Å². The van der Waals surface area contributed by atoms with Crippen molar-refractivity contribution in [2.75, 3.05) is 33.9 Å². The molecule has 6 heteroatoms. The van der Waals surface area contributed by atoms with Crippen LogP contribution in [0.15, 0.2) is 24.3 Å². The third kappa shape index (κ3) is 6.31. The number of hydrogen-bond donors (Lipinski definition) is 2. The van der Waals surface area contributed by atoms with E-state index in [0.29, 0.717) is 5.56 Å². The second-order valence-corrected chi connectivity index (χ2v) is 4.64. The van der Waals surface area contributed by atoms with Gasteiger partial charge in [0.2, 0.25) is 0 Å². The van der Waals surface area contributed by atoms with E-state index < -0.39 is 5.97 Å². The molecule has 0 fully saturated rings. The van der Waals surface area contributed by atoms with Crippen molar-refractivity contribution in [1.29, 1.82) is 0 Å². The minimum atomic E-state index is -1.02. The predicted molar refractivity (Wildman–Crippen MR) is 74.6 cm³/mol. The molecule has 20 heavy (non-hydrogen) atoms. The number of ether oxygens (including phenoxy) is 1. The second kappa shape index (κ2) is 8.29. The maximum absolute atomic E-state index is 11.8. The lowest BCUT2D eigenvalue weighted by Crippen LogP contribution is -2.27. The number of nitrogens with zero attached hydrogens (tertiary/aromatic N) is 1. The van der Waals surface area contributed by atoms with E-state index in [9.17, 15) is 9.59 Å². The highest BCUT2D eigenvalue weighted by Gasteiger charge is 2.05. The van der Waals surface area contributed by atoms with Gasteiger partial charge in [-0.05, 0) is 31.8 Å². The fourth-order valence-electron chi connectivity index (χ4n) is 1.62. The van der Waals surface area contributed by atoms with Crippen molar-refractivity contribution < 1.29 is 19.4 Å². The van der Waals surface area contributed by atoms with Gasteiger partial charge >= 0.3 is 5.97 Å². The van der Waals surface area contributed by atoms with Gasteiger partial charge in [-0.2, -0.15) is 0 Å². The smallest absolute Gasteiger partial charge is 0.329 e. The van der Waals surface area contributed by atoms with E-state index in [4.69, 9.17) is 9.84 Å². The van der Waals surface area contributed by atoms with Gasteiger partial charge in [0.25, 0.3) is 5.91 Å². The maximum Gasteiger partial charge on any atom is 0.329 e. The summed E-state index contributed by atoms with van der Waals surface area (Å²) < 4.78 is 4.82. The quantitative estimate of drug-likeness (QED) is 0.681. The molecule has 0 atom stereocenters. The molecule has 1 amide bonds. The lowest BCUT2D eigenvalue weighted by atomic mass is 10.1. The van der Waals surface area contributed by atoms with Crippen LogP contribution in [0.25, 0.3) is 0 Å². The van der Waals surface area contributed by atoms with Crippen LogP contribution in [0.1, 0.15) is 15.9 Å². The molecule has 0 aliphatic carbocycles. The molecule has 2 N–H and O–H groups in total. The molecular weight excluding hydrogens is 260 g/mol. The first-order chi connectivity index (χ1) is 9.49. The number of benzene rings is 1. The van der Waals surface area contributed by atoms with Crippen molar-refractivity contribution in [3.63, 3.8) is 0 Å². The summed E-state index contributed by atoms with van der Waals surface area (Å²) in [6.45, 7) is 0.933. The number of hydrogen-bond acceptors (Lipinski definition) is 4. The average molecular weight is 280 g/mol. The second-order valence-electron chi connectivity index (χ2n) is 4.64. The molecule has 0 radical (unpaired) electrons. The van der Waals surface area contributed by atoms with E-state index in [-0.39, 0.29) is 25.7 Å². The minimum Gasteiger partial charge on any atom is -0.480 e.